The van der Waals surface area contributed by atoms with Gasteiger partial charge in [-0.25, -0.2) is 9.37 Å². The minimum Gasteiger partial charge on any atom is -0.345 e. The number of carbonyl (C=O) groups excluding carboxylic acids is 2. The number of halogens is 1. The van der Waals surface area contributed by atoms with Crippen LogP contribution in [0.2, 0.25) is 0 Å². The number of piperazine rings is 1. The van der Waals surface area contributed by atoms with Gasteiger partial charge in [-0.15, -0.1) is 11.3 Å². The molecule has 0 spiro atoms. The van der Waals surface area contributed by atoms with Crippen LogP contribution in [0.15, 0.2) is 18.2 Å². The summed E-state index contributed by atoms with van der Waals surface area (Å²) in [5.41, 5.74) is 2.09. The van der Waals surface area contributed by atoms with Crippen LogP contribution < -0.4 is 10.2 Å². The van der Waals surface area contributed by atoms with E-state index >= 15 is 0 Å². The standard InChI is InChI=1S/C23H29FN4O2S/c1-14(2)22(30)27-9-11-28(12-10-27)23-26-19-8-7-16(13-20(19)31-23)21(29)25-18-6-4-5-17(24)15(18)3/h4-6,14,16H,7-13H2,1-3H3,(H,25,29)/t16-/m1/s1. The first-order valence-corrected chi connectivity index (χ1v) is 11.7. The van der Waals surface area contributed by atoms with Crippen LogP contribution in [0.3, 0.4) is 0 Å². The summed E-state index contributed by atoms with van der Waals surface area (Å²) in [6.45, 7) is 8.56. The number of nitrogens with one attached hydrogen (secondary N) is 1. The highest BCUT2D eigenvalue weighted by molar-refractivity contribution is 7.15. The SMILES string of the molecule is Cc1c(F)cccc1NC(=O)[C@@H]1CCc2nc(N3CCN(C(=O)C(C)C)CC3)sc2C1. The van der Waals surface area contributed by atoms with E-state index in [-0.39, 0.29) is 29.5 Å². The Morgan fingerprint density at radius 1 is 1.23 bits per heavy atom. The van der Waals surface area contributed by atoms with Crippen LogP contribution in [0, 0.1) is 24.6 Å². The highest BCUT2D eigenvalue weighted by Crippen LogP contribution is 2.35. The molecular weight excluding hydrogens is 415 g/mol. The maximum Gasteiger partial charge on any atom is 0.227 e. The Bertz CT molecular complexity index is 982. The van der Waals surface area contributed by atoms with Gasteiger partial charge >= 0.3 is 0 Å². The number of nitrogens with zero attached hydrogens (tertiary/aromatic N) is 3. The molecule has 166 valence electrons. The van der Waals surface area contributed by atoms with Crippen LogP contribution in [0.25, 0.3) is 0 Å². The maximum atomic E-state index is 13.8. The van der Waals surface area contributed by atoms with Crippen molar-refractivity contribution in [3.63, 3.8) is 0 Å². The van der Waals surface area contributed by atoms with Crippen molar-refractivity contribution >= 4 is 34.0 Å². The molecule has 0 unspecified atom stereocenters. The summed E-state index contributed by atoms with van der Waals surface area (Å²) in [5, 5.41) is 3.89. The number of amides is 2. The highest BCUT2D eigenvalue weighted by Gasteiger charge is 2.30. The van der Waals surface area contributed by atoms with Gasteiger partial charge in [0.05, 0.1) is 5.69 Å². The van der Waals surface area contributed by atoms with Crippen LogP contribution in [-0.4, -0.2) is 47.9 Å². The topological polar surface area (TPSA) is 65.5 Å². The van der Waals surface area contributed by atoms with Gasteiger partial charge in [-0.3, -0.25) is 9.59 Å². The van der Waals surface area contributed by atoms with E-state index in [9.17, 15) is 14.0 Å². The molecular formula is C23H29FN4O2S. The van der Waals surface area contributed by atoms with Gasteiger partial charge in [0.2, 0.25) is 11.8 Å². The average molecular weight is 445 g/mol. The quantitative estimate of drug-likeness (QED) is 0.782. The van der Waals surface area contributed by atoms with Crippen LogP contribution in [0.4, 0.5) is 15.2 Å². The Kier molecular flexibility index (Phi) is 6.27. The number of rotatable bonds is 4. The normalized spacial score (nSPS) is 18.8. The molecule has 2 aromatic rings. The third-order valence-electron chi connectivity index (χ3n) is 6.18. The molecule has 2 heterocycles. The largest absolute Gasteiger partial charge is 0.345 e. The summed E-state index contributed by atoms with van der Waals surface area (Å²) in [4.78, 5) is 35.2. The second-order valence-electron chi connectivity index (χ2n) is 8.67. The number of benzene rings is 1. The third kappa shape index (κ3) is 4.59. The molecule has 31 heavy (non-hydrogen) atoms. The molecule has 0 saturated carbocycles. The van der Waals surface area contributed by atoms with Crippen molar-refractivity contribution in [1.82, 2.24) is 9.88 Å². The molecule has 1 saturated heterocycles. The minimum atomic E-state index is -0.314. The zero-order chi connectivity index (χ0) is 22.1. The highest BCUT2D eigenvalue weighted by atomic mass is 32.1. The maximum absolute atomic E-state index is 13.8. The number of aromatic nitrogens is 1. The number of hydrogen-bond acceptors (Lipinski definition) is 5. The monoisotopic (exact) mass is 444 g/mol. The van der Waals surface area contributed by atoms with Gasteiger partial charge in [0.25, 0.3) is 0 Å². The van der Waals surface area contributed by atoms with Crippen molar-refractivity contribution < 1.29 is 14.0 Å². The van der Waals surface area contributed by atoms with Crippen molar-refractivity contribution in [2.75, 3.05) is 36.4 Å². The lowest BCUT2D eigenvalue weighted by atomic mass is 9.90. The Morgan fingerprint density at radius 2 is 1.97 bits per heavy atom. The van der Waals surface area contributed by atoms with Crippen molar-refractivity contribution in [2.45, 2.75) is 40.0 Å². The molecule has 1 fully saturated rings. The summed E-state index contributed by atoms with van der Waals surface area (Å²) in [7, 11) is 0. The van der Waals surface area contributed by atoms with E-state index in [0.29, 0.717) is 17.7 Å². The predicted molar refractivity (Wildman–Crippen MR) is 121 cm³/mol. The summed E-state index contributed by atoms with van der Waals surface area (Å²) in [6.07, 6.45) is 2.18. The lowest BCUT2D eigenvalue weighted by molar-refractivity contribution is -0.134. The number of carbonyl (C=O) groups is 2. The first kappa shape index (κ1) is 21.7. The van der Waals surface area contributed by atoms with Crippen LogP contribution >= 0.6 is 11.3 Å². The molecule has 4 rings (SSSR count). The molecule has 1 aliphatic heterocycles. The van der Waals surface area contributed by atoms with E-state index in [4.69, 9.17) is 4.98 Å². The van der Waals surface area contributed by atoms with E-state index in [1.165, 1.54) is 6.07 Å². The Morgan fingerprint density at radius 3 is 2.68 bits per heavy atom. The van der Waals surface area contributed by atoms with E-state index in [1.54, 1.807) is 30.4 Å². The second kappa shape index (κ2) is 8.94. The van der Waals surface area contributed by atoms with E-state index in [2.05, 4.69) is 10.2 Å². The first-order chi connectivity index (χ1) is 14.8. The lowest BCUT2D eigenvalue weighted by Crippen LogP contribution is -2.49. The zero-order valence-corrected chi connectivity index (χ0v) is 19.1. The van der Waals surface area contributed by atoms with Crippen LogP contribution in [0.5, 0.6) is 0 Å². The van der Waals surface area contributed by atoms with Gasteiger partial charge in [0, 0.05) is 54.1 Å². The van der Waals surface area contributed by atoms with Crippen LogP contribution in [-0.2, 0) is 22.4 Å². The van der Waals surface area contributed by atoms with Gasteiger partial charge in [0.15, 0.2) is 5.13 Å². The van der Waals surface area contributed by atoms with Gasteiger partial charge < -0.3 is 15.1 Å². The Hall–Kier alpha value is -2.48. The van der Waals surface area contributed by atoms with Crippen molar-refractivity contribution in [2.24, 2.45) is 11.8 Å². The summed E-state index contributed by atoms with van der Waals surface area (Å²) < 4.78 is 13.8. The Labute approximate surface area is 186 Å². The summed E-state index contributed by atoms with van der Waals surface area (Å²) >= 11 is 1.66. The predicted octanol–water partition coefficient (Wildman–Crippen LogP) is 3.64. The lowest BCUT2D eigenvalue weighted by Gasteiger charge is -2.35. The number of anilines is 2. The van der Waals surface area contributed by atoms with Crippen molar-refractivity contribution in [1.29, 1.82) is 0 Å². The van der Waals surface area contributed by atoms with E-state index in [0.717, 1.165) is 54.7 Å². The van der Waals surface area contributed by atoms with Crippen LogP contribution in [0.1, 0.15) is 36.4 Å². The summed E-state index contributed by atoms with van der Waals surface area (Å²) in [6, 6.07) is 4.75. The van der Waals surface area contributed by atoms with Gasteiger partial charge in [-0.2, -0.15) is 0 Å². The number of thiazole rings is 1. The van der Waals surface area contributed by atoms with E-state index < -0.39 is 0 Å². The number of fused-ring (bicyclic) bond motifs is 1. The molecule has 2 amide bonds. The molecule has 1 N–H and O–H groups in total. The fourth-order valence-electron chi connectivity index (χ4n) is 4.18. The zero-order valence-electron chi connectivity index (χ0n) is 18.3. The second-order valence-corrected chi connectivity index (χ2v) is 9.74. The van der Waals surface area contributed by atoms with Gasteiger partial charge in [-0.05, 0) is 38.3 Å². The smallest absolute Gasteiger partial charge is 0.227 e. The molecule has 2 aliphatic rings. The minimum absolute atomic E-state index is 0.0259. The first-order valence-electron chi connectivity index (χ1n) is 10.9. The molecule has 0 bridgehead atoms. The molecule has 0 radical (unpaired) electrons. The third-order valence-corrected chi connectivity index (χ3v) is 7.36. The van der Waals surface area contributed by atoms with Gasteiger partial charge in [0.1, 0.15) is 5.82 Å². The molecule has 1 aromatic carbocycles. The fraction of sp³-hybridized carbons (Fsp3) is 0.522. The Balaban J connectivity index is 1.38. The van der Waals surface area contributed by atoms with E-state index in [1.807, 2.05) is 18.7 Å². The molecule has 6 nitrogen and oxygen atoms in total. The average Bonchev–Trinajstić information content (AvgIpc) is 3.20. The van der Waals surface area contributed by atoms with Crippen molar-refractivity contribution in [3.05, 3.63) is 40.2 Å². The fourth-order valence-corrected chi connectivity index (χ4v) is 5.42. The van der Waals surface area contributed by atoms with Gasteiger partial charge in [-0.1, -0.05) is 19.9 Å². The molecule has 1 aliphatic carbocycles. The molecule has 1 aromatic heterocycles. The summed E-state index contributed by atoms with van der Waals surface area (Å²) in [5.74, 6) is -0.274. The number of hydrogen-bond donors (Lipinski definition) is 1. The molecule has 8 heteroatoms. The molecule has 1 atom stereocenters. The number of aryl methyl sites for hydroxylation is 1. The van der Waals surface area contributed by atoms with Crippen molar-refractivity contribution in [3.8, 4) is 0 Å².